The maximum absolute atomic E-state index is 13.5. The molecule has 1 aromatic heterocycles. The predicted octanol–water partition coefficient (Wildman–Crippen LogP) is 5.76. The molecular weight excluding hydrogens is 484 g/mol. The number of carbonyl (C=O) groups is 2. The Morgan fingerprint density at radius 3 is 2.44 bits per heavy atom. The summed E-state index contributed by atoms with van der Waals surface area (Å²) in [4.78, 5) is 31.4. The molecular formula is C21H12F4N2O2S3. The number of alkyl halides is 3. The number of benzene rings is 2. The van der Waals surface area contributed by atoms with E-state index in [0.29, 0.717) is 14.5 Å². The van der Waals surface area contributed by atoms with Gasteiger partial charge >= 0.3 is 6.18 Å². The molecule has 3 heterocycles. The van der Waals surface area contributed by atoms with Gasteiger partial charge < -0.3 is 4.98 Å². The van der Waals surface area contributed by atoms with E-state index in [0.717, 1.165) is 33.7 Å². The van der Waals surface area contributed by atoms with Crippen molar-refractivity contribution in [3.05, 3.63) is 74.3 Å². The van der Waals surface area contributed by atoms with Crippen molar-refractivity contribution in [1.29, 1.82) is 0 Å². The summed E-state index contributed by atoms with van der Waals surface area (Å²) in [6.07, 6.45) is -4.61. The molecule has 1 N–H and O–H groups in total. The quantitative estimate of drug-likeness (QED) is 0.279. The average molecular weight is 497 g/mol. The van der Waals surface area contributed by atoms with Crippen LogP contribution in [0.1, 0.15) is 21.9 Å². The number of thiazole rings is 1. The number of nitrogens with zero attached hydrogens (tertiary/aromatic N) is 1. The summed E-state index contributed by atoms with van der Waals surface area (Å²) < 4.78 is 53.6. The van der Waals surface area contributed by atoms with E-state index in [4.69, 9.17) is 12.2 Å². The van der Waals surface area contributed by atoms with Gasteiger partial charge in [-0.2, -0.15) is 13.2 Å². The number of halogens is 4. The average Bonchev–Trinajstić information content (AvgIpc) is 3.23. The van der Waals surface area contributed by atoms with E-state index in [9.17, 15) is 27.2 Å². The zero-order valence-electron chi connectivity index (χ0n) is 15.9. The van der Waals surface area contributed by atoms with E-state index in [1.807, 2.05) is 0 Å². The summed E-state index contributed by atoms with van der Waals surface area (Å²) in [7, 11) is 0. The number of rotatable bonds is 2. The minimum Gasteiger partial charge on any atom is -0.332 e. The number of anilines is 1. The molecule has 5 rings (SSSR count). The highest BCUT2D eigenvalue weighted by Crippen LogP contribution is 2.54. The monoisotopic (exact) mass is 496 g/mol. The molecule has 1 saturated heterocycles. The molecule has 32 heavy (non-hydrogen) atoms. The first-order valence-electron chi connectivity index (χ1n) is 9.35. The lowest BCUT2D eigenvalue weighted by atomic mass is 9.83. The Hall–Kier alpha value is -2.50. The number of nitrogens with one attached hydrogen (secondary N) is 1. The van der Waals surface area contributed by atoms with Crippen LogP contribution in [0.15, 0.2) is 53.6 Å². The van der Waals surface area contributed by atoms with E-state index >= 15 is 0 Å². The van der Waals surface area contributed by atoms with Crippen LogP contribution in [0.5, 0.6) is 0 Å². The van der Waals surface area contributed by atoms with E-state index in [-0.39, 0.29) is 5.69 Å². The van der Waals surface area contributed by atoms with Crippen LogP contribution in [0.2, 0.25) is 0 Å². The molecule has 0 radical (unpaired) electrons. The van der Waals surface area contributed by atoms with Crippen LogP contribution >= 0.6 is 35.3 Å². The number of hydrogen-bond acceptors (Lipinski definition) is 5. The van der Waals surface area contributed by atoms with E-state index in [1.54, 1.807) is 12.1 Å². The second-order valence-electron chi connectivity index (χ2n) is 7.36. The van der Waals surface area contributed by atoms with Crippen LogP contribution in [-0.2, 0) is 15.8 Å². The van der Waals surface area contributed by atoms with Gasteiger partial charge in [-0.1, -0.05) is 30.0 Å². The van der Waals surface area contributed by atoms with Gasteiger partial charge in [-0.15, -0.1) is 11.3 Å². The van der Waals surface area contributed by atoms with Crippen LogP contribution < -0.4 is 4.90 Å². The number of amides is 2. The second-order valence-corrected chi connectivity index (χ2v) is 10.2. The fraction of sp³-hybridized carbons (Fsp3) is 0.190. The highest BCUT2D eigenvalue weighted by atomic mass is 32.2. The predicted molar refractivity (Wildman–Crippen MR) is 115 cm³/mol. The largest absolute Gasteiger partial charge is 0.416 e. The number of carbonyl (C=O) groups excluding carboxylic acids is 2. The molecule has 2 aliphatic heterocycles. The van der Waals surface area contributed by atoms with Crippen LogP contribution in [0.25, 0.3) is 0 Å². The molecule has 164 valence electrons. The Bertz CT molecular complexity index is 1300. The number of fused-ring (bicyclic) bond motifs is 2. The Balaban J connectivity index is 1.62. The number of aromatic amines is 1. The summed E-state index contributed by atoms with van der Waals surface area (Å²) in [6.45, 7) is 0. The first-order chi connectivity index (χ1) is 15.1. The molecule has 2 amide bonds. The third-order valence-corrected chi connectivity index (χ3v) is 8.24. The molecule has 0 saturated carbocycles. The van der Waals surface area contributed by atoms with Gasteiger partial charge in [-0.3, -0.25) is 9.59 Å². The van der Waals surface area contributed by atoms with Crippen molar-refractivity contribution in [3.63, 3.8) is 0 Å². The van der Waals surface area contributed by atoms with E-state index < -0.39 is 46.5 Å². The van der Waals surface area contributed by atoms with Crippen LogP contribution in [-0.4, -0.2) is 22.0 Å². The van der Waals surface area contributed by atoms with Crippen LogP contribution in [0.3, 0.4) is 0 Å². The van der Waals surface area contributed by atoms with Crippen LogP contribution in [0.4, 0.5) is 23.2 Å². The Kier molecular flexibility index (Phi) is 5.02. The van der Waals surface area contributed by atoms with Crippen molar-refractivity contribution in [3.8, 4) is 0 Å². The maximum atomic E-state index is 13.5. The Morgan fingerprint density at radius 2 is 1.75 bits per heavy atom. The third kappa shape index (κ3) is 3.39. The number of aromatic nitrogens is 1. The van der Waals surface area contributed by atoms with Crippen molar-refractivity contribution >= 4 is 52.8 Å². The first-order valence-corrected chi connectivity index (χ1v) is 11.5. The zero-order chi connectivity index (χ0) is 22.8. The summed E-state index contributed by atoms with van der Waals surface area (Å²) >= 11 is 7.66. The molecule has 2 aliphatic rings. The van der Waals surface area contributed by atoms with E-state index in [2.05, 4.69) is 4.98 Å². The van der Waals surface area contributed by atoms with Gasteiger partial charge in [0.25, 0.3) is 0 Å². The lowest BCUT2D eigenvalue weighted by Gasteiger charge is -2.29. The number of hydrogen-bond donors (Lipinski definition) is 1. The molecule has 4 nitrogen and oxygen atoms in total. The smallest absolute Gasteiger partial charge is 0.332 e. The van der Waals surface area contributed by atoms with Crippen molar-refractivity contribution in [2.75, 3.05) is 4.90 Å². The van der Waals surface area contributed by atoms with Gasteiger partial charge in [-0.25, -0.2) is 9.29 Å². The second kappa shape index (κ2) is 7.53. The lowest BCUT2D eigenvalue weighted by Crippen LogP contribution is -2.32. The Labute approximate surface area is 192 Å². The molecule has 0 spiro atoms. The minimum absolute atomic E-state index is 0.126. The molecule has 0 bridgehead atoms. The van der Waals surface area contributed by atoms with Gasteiger partial charge in [0.05, 0.1) is 22.2 Å². The summed E-state index contributed by atoms with van der Waals surface area (Å²) in [6, 6.07) is 9.79. The first kappa shape index (κ1) is 21.4. The molecule has 11 heteroatoms. The summed E-state index contributed by atoms with van der Waals surface area (Å²) in [5.74, 6) is -3.07. The molecule has 2 aromatic carbocycles. The Morgan fingerprint density at radius 1 is 1.03 bits per heavy atom. The SMILES string of the molecule is O=C1C2Sc3[nH]c(=S)sc3C(c3ccc(F)cc3)C2C(=O)N1c1cccc(C(F)(F)F)c1. The van der Waals surface area contributed by atoms with Gasteiger partial charge in [0.15, 0.2) is 3.95 Å². The number of H-pyrrole nitrogens is 1. The van der Waals surface area contributed by atoms with Gasteiger partial charge in [-0.05, 0) is 48.1 Å². The molecule has 3 atom stereocenters. The molecule has 1 fully saturated rings. The highest BCUT2D eigenvalue weighted by molar-refractivity contribution is 8.01. The van der Waals surface area contributed by atoms with Crippen LogP contribution in [0, 0.1) is 15.7 Å². The number of thioether (sulfide) groups is 1. The topological polar surface area (TPSA) is 53.2 Å². The number of imide groups is 1. The lowest BCUT2D eigenvalue weighted by molar-refractivity contribution is -0.137. The summed E-state index contributed by atoms with van der Waals surface area (Å²) in [5.41, 5.74) is -0.449. The normalized spacial score (nSPS) is 22.8. The van der Waals surface area contributed by atoms with Gasteiger partial charge in [0.2, 0.25) is 11.8 Å². The zero-order valence-corrected chi connectivity index (χ0v) is 18.3. The van der Waals surface area contributed by atoms with Crippen molar-refractivity contribution < 1.29 is 27.2 Å². The minimum atomic E-state index is -4.61. The maximum Gasteiger partial charge on any atom is 0.416 e. The highest BCUT2D eigenvalue weighted by Gasteiger charge is 2.56. The standard InChI is InChI=1S/C21H12F4N2O2S3/c22-11-6-4-9(5-7-11)13-14-16(31-17-15(13)32-20(30)26-17)19(29)27(18(14)28)12-3-1-2-10(8-12)21(23,24)25/h1-8,13-14,16H,(H,26,30). The van der Waals surface area contributed by atoms with Crippen molar-refractivity contribution in [2.24, 2.45) is 5.92 Å². The van der Waals surface area contributed by atoms with Crippen molar-refractivity contribution in [2.45, 2.75) is 22.4 Å². The fourth-order valence-corrected chi connectivity index (χ4v) is 7.08. The summed E-state index contributed by atoms with van der Waals surface area (Å²) in [5, 5.41) is -0.206. The van der Waals surface area contributed by atoms with Crippen molar-refractivity contribution in [1.82, 2.24) is 4.98 Å². The third-order valence-electron chi connectivity index (χ3n) is 5.48. The fourth-order valence-electron chi connectivity index (χ4n) is 4.12. The van der Waals surface area contributed by atoms with Gasteiger partial charge in [0, 0.05) is 10.8 Å². The molecule has 3 unspecified atom stereocenters. The van der Waals surface area contributed by atoms with E-state index in [1.165, 1.54) is 35.6 Å². The van der Waals surface area contributed by atoms with Gasteiger partial charge in [0.1, 0.15) is 11.1 Å². The molecule has 3 aromatic rings. The molecule has 0 aliphatic carbocycles.